The Kier molecular flexibility index (Phi) is 5.62. The smallest absolute Gasteiger partial charge is 0.109 e. The van der Waals surface area contributed by atoms with E-state index in [4.69, 9.17) is 5.73 Å². The number of anilines is 1. The Morgan fingerprint density at radius 1 is 0.880 bits per heavy atom. The number of nitrogens with two attached hydrogens (primary N) is 1. The zero-order valence-corrected chi connectivity index (χ0v) is 14.1. The molecular formula is C21H22FN3. The topological polar surface area (TPSA) is 43.8 Å². The number of nitrogens with zero attached hydrogens (tertiary/aromatic N) is 2. The Morgan fingerprint density at radius 3 is 2.12 bits per heavy atom. The Hall–Kier alpha value is -2.88. The first-order valence-electron chi connectivity index (χ1n) is 8.43. The summed E-state index contributed by atoms with van der Waals surface area (Å²) >= 11 is 0. The molecule has 0 atom stereocenters. The Balaban J connectivity index is 1.55. The molecule has 2 aromatic carbocycles. The van der Waals surface area contributed by atoms with Crippen LogP contribution in [-0.4, -0.2) is 16.5 Å². The van der Waals surface area contributed by atoms with E-state index in [1.165, 1.54) is 5.56 Å². The van der Waals surface area contributed by atoms with Gasteiger partial charge in [0.15, 0.2) is 0 Å². The van der Waals surface area contributed by atoms with Gasteiger partial charge in [0.05, 0.1) is 12.7 Å². The van der Waals surface area contributed by atoms with E-state index >= 15 is 0 Å². The van der Waals surface area contributed by atoms with E-state index in [0.717, 1.165) is 35.2 Å². The molecule has 0 radical (unpaired) electrons. The van der Waals surface area contributed by atoms with Crippen molar-refractivity contribution in [3.63, 3.8) is 0 Å². The molecule has 128 valence electrons. The highest BCUT2D eigenvalue weighted by Crippen LogP contribution is 2.13. The van der Waals surface area contributed by atoms with Crippen LogP contribution in [0, 0.1) is 0 Å². The SMILES string of the molecule is Nc1ccc(/C=C/c2ccc(CCc3cnn(CC[18F])c3)cc2)cc1. The molecule has 0 bridgehead atoms. The minimum atomic E-state index is -0.382. The molecule has 3 nitrogen and oxygen atoms in total. The van der Waals surface area contributed by atoms with Gasteiger partial charge in [-0.25, -0.2) is 4.39 Å². The molecule has 2 N–H and O–H groups in total. The van der Waals surface area contributed by atoms with Gasteiger partial charge in [-0.1, -0.05) is 48.6 Å². The van der Waals surface area contributed by atoms with Gasteiger partial charge in [0.25, 0.3) is 0 Å². The molecule has 0 unspecified atom stereocenters. The van der Waals surface area contributed by atoms with Crippen LogP contribution in [0.2, 0.25) is 0 Å². The van der Waals surface area contributed by atoms with Crippen molar-refractivity contribution in [1.29, 1.82) is 0 Å². The van der Waals surface area contributed by atoms with Crippen molar-refractivity contribution in [2.24, 2.45) is 0 Å². The zero-order chi connectivity index (χ0) is 17.5. The van der Waals surface area contributed by atoms with Crippen LogP contribution in [0.3, 0.4) is 0 Å². The second kappa shape index (κ2) is 8.29. The van der Waals surface area contributed by atoms with Crippen molar-refractivity contribution in [3.05, 3.63) is 83.2 Å². The van der Waals surface area contributed by atoms with E-state index in [9.17, 15) is 4.39 Å². The van der Waals surface area contributed by atoms with E-state index < -0.39 is 0 Å². The Morgan fingerprint density at radius 2 is 1.48 bits per heavy atom. The summed E-state index contributed by atoms with van der Waals surface area (Å²) in [6.45, 7) is -0.0541. The van der Waals surface area contributed by atoms with Gasteiger partial charge in [-0.3, -0.25) is 4.68 Å². The van der Waals surface area contributed by atoms with Gasteiger partial charge >= 0.3 is 0 Å². The molecule has 0 saturated carbocycles. The summed E-state index contributed by atoms with van der Waals surface area (Å²) in [4.78, 5) is 0. The molecule has 4 heteroatoms. The molecule has 25 heavy (non-hydrogen) atoms. The number of rotatable bonds is 7. The fourth-order valence-corrected chi connectivity index (χ4v) is 2.63. The van der Waals surface area contributed by atoms with E-state index in [1.54, 1.807) is 4.68 Å². The van der Waals surface area contributed by atoms with Crippen LogP contribution in [0.25, 0.3) is 12.2 Å². The normalized spacial score (nSPS) is 11.2. The average molecular weight is 334 g/mol. The van der Waals surface area contributed by atoms with Gasteiger partial charge in [-0.2, -0.15) is 5.10 Å². The minimum Gasteiger partial charge on any atom is -0.399 e. The molecule has 0 saturated heterocycles. The number of halogens is 1. The third-order valence-corrected chi connectivity index (χ3v) is 4.09. The summed E-state index contributed by atoms with van der Waals surface area (Å²) in [5.41, 5.74) is 11.2. The molecule has 0 aliphatic heterocycles. The fourth-order valence-electron chi connectivity index (χ4n) is 2.63. The lowest BCUT2D eigenvalue weighted by Crippen LogP contribution is -1.99. The lowest BCUT2D eigenvalue weighted by molar-refractivity contribution is 0.427. The summed E-state index contributed by atoms with van der Waals surface area (Å²) in [6.07, 6.45) is 9.77. The lowest BCUT2D eigenvalue weighted by Gasteiger charge is -2.01. The Labute approximate surface area is 147 Å². The highest BCUT2D eigenvalue weighted by atomic mass is 18.2. The van der Waals surface area contributed by atoms with Crippen molar-refractivity contribution in [2.75, 3.05) is 12.4 Å². The molecular weight excluding hydrogens is 312 g/mol. The van der Waals surface area contributed by atoms with E-state index in [1.807, 2.05) is 36.7 Å². The monoisotopic (exact) mass is 334 g/mol. The number of aromatic nitrogens is 2. The predicted octanol–water partition coefficient (Wildman–Crippen LogP) is 4.39. The first-order chi connectivity index (χ1) is 12.2. The number of benzene rings is 2. The van der Waals surface area contributed by atoms with Gasteiger partial charge in [-0.05, 0) is 47.2 Å². The van der Waals surface area contributed by atoms with Crippen molar-refractivity contribution < 1.29 is 4.39 Å². The van der Waals surface area contributed by atoms with Crippen LogP contribution < -0.4 is 5.73 Å². The predicted molar refractivity (Wildman–Crippen MR) is 102 cm³/mol. The van der Waals surface area contributed by atoms with Gasteiger partial charge < -0.3 is 5.73 Å². The third kappa shape index (κ3) is 5.05. The van der Waals surface area contributed by atoms with Crippen LogP contribution in [0.5, 0.6) is 0 Å². The first kappa shape index (κ1) is 17.0. The molecule has 0 aliphatic rings. The second-order valence-corrected chi connectivity index (χ2v) is 6.04. The highest BCUT2D eigenvalue weighted by Gasteiger charge is 2.00. The number of aryl methyl sites for hydroxylation is 3. The molecule has 1 aromatic heterocycles. The molecule has 0 spiro atoms. The maximum absolute atomic E-state index is 12.3. The maximum atomic E-state index is 12.3. The molecule has 3 aromatic rings. The summed E-state index contributed by atoms with van der Waals surface area (Å²) in [6, 6.07) is 16.3. The van der Waals surface area contributed by atoms with E-state index in [2.05, 4.69) is 41.5 Å². The molecule has 1 heterocycles. The third-order valence-electron chi connectivity index (χ3n) is 4.09. The standard InChI is InChI=1S/C21H22FN3/c22-13-14-25-16-20(15-24-25)8-7-18-3-1-17(2-4-18)5-6-19-9-11-21(23)12-10-19/h1-6,9-12,15-16H,7-8,13-14,23H2/b6-5+/i22-1. The van der Waals surface area contributed by atoms with E-state index in [0.29, 0.717) is 6.54 Å². The number of alkyl halides is 1. The van der Waals surface area contributed by atoms with E-state index in [-0.39, 0.29) is 6.67 Å². The molecule has 3 rings (SSSR count). The van der Waals surface area contributed by atoms with Crippen molar-refractivity contribution in [3.8, 4) is 0 Å². The summed E-state index contributed by atoms with van der Waals surface area (Å²) in [7, 11) is 0. The van der Waals surface area contributed by atoms with Crippen LogP contribution in [0.1, 0.15) is 22.3 Å². The first-order valence-corrected chi connectivity index (χ1v) is 8.43. The number of nitrogen functional groups attached to an aromatic ring is 1. The fraction of sp³-hybridized carbons (Fsp3) is 0.190. The summed E-state index contributed by atoms with van der Waals surface area (Å²) in [5, 5.41) is 4.15. The van der Waals surface area contributed by atoms with Gasteiger partial charge in [-0.15, -0.1) is 0 Å². The maximum Gasteiger partial charge on any atom is 0.109 e. The largest absolute Gasteiger partial charge is 0.399 e. The zero-order valence-electron chi connectivity index (χ0n) is 14.1. The van der Waals surface area contributed by atoms with Gasteiger partial charge in [0.1, 0.15) is 6.67 Å². The average Bonchev–Trinajstić information content (AvgIpc) is 3.08. The van der Waals surface area contributed by atoms with Crippen LogP contribution in [0.4, 0.5) is 10.1 Å². The second-order valence-electron chi connectivity index (χ2n) is 6.04. The molecule has 0 amide bonds. The lowest BCUT2D eigenvalue weighted by atomic mass is 10.0. The van der Waals surface area contributed by atoms with Crippen molar-refractivity contribution >= 4 is 17.8 Å². The summed E-state index contributed by atoms with van der Waals surface area (Å²) < 4.78 is 13.9. The number of hydrogen-bond acceptors (Lipinski definition) is 2. The van der Waals surface area contributed by atoms with Crippen LogP contribution in [0.15, 0.2) is 60.9 Å². The number of hydrogen-bond donors (Lipinski definition) is 1. The quantitative estimate of drug-likeness (QED) is 0.514. The Bertz CT molecular complexity index is 817. The van der Waals surface area contributed by atoms with Crippen LogP contribution >= 0.6 is 0 Å². The molecule has 0 fully saturated rings. The summed E-state index contributed by atoms with van der Waals surface area (Å²) in [5.74, 6) is 0. The molecule has 0 aliphatic carbocycles. The van der Waals surface area contributed by atoms with Gasteiger partial charge in [0, 0.05) is 11.9 Å². The van der Waals surface area contributed by atoms with Gasteiger partial charge in [0.2, 0.25) is 0 Å². The van der Waals surface area contributed by atoms with Crippen molar-refractivity contribution in [1.82, 2.24) is 9.78 Å². The van der Waals surface area contributed by atoms with Crippen molar-refractivity contribution in [2.45, 2.75) is 19.4 Å². The van der Waals surface area contributed by atoms with Crippen LogP contribution in [-0.2, 0) is 19.4 Å². The minimum absolute atomic E-state index is 0.328. The highest BCUT2D eigenvalue weighted by molar-refractivity contribution is 5.70.